The van der Waals surface area contributed by atoms with Crippen molar-refractivity contribution in [2.75, 3.05) is 6.54 Å². The Morgan fingerprint density at radius 3 is 2.50 bits per heavy atom. The van der Waals surface area contributed by atoms with Crippen molar-refractivity contribution in [3.8, 4) is 5.69 Å². The molecule has 3 rings (SSSR count). The lowest BCUT2D eigenvalue weighted by atomic mass is 10.1. The van der Waals surface area contributed by atoms with E-state index in [-0.39, 0.29) is 17.5 Å². The van der Waals surface area contributed by atoms with Gasteiger partial charge in [0.25, 0.3) is 5.56 Å². The molecule has 0 saturated carbocycles. The van der Waals surface area contributed by atoms with Crippen LogP contribution in [0.3, 0.4) is 0 Å². The van der Waals surface area contributed by atoms with Gasteiger partial charge in [0.15, 0.2) is 0 Å². The van der Waals surface area contributed by atoms with Crippen molar-refractivity contribution in [2.24, 2.45) is 0 Å². The van der Waals surface area contributed by atoms with Gasteiger partial charge in [0.2, 0.25) is 5.91 Å². The van der Waals surface area contributed by atoms with E-state index in [0.717, 1.165) is 43.4 Å². The molecule has 5 heteroatoms. The first-order chi connectivity index (χ1) is 15.5. The lowest BCUT2D eigenvalue weighted by Gasteiger charge is -2.31. The maximum atomic E-state index is 13.6. The summed E-state index contributed by atoms with van der Waals surface area (Å²) in [6, 6.07) is 15.0. The Kier molecular flexibility index (Phi) is 8.20. The molecule has 0 fully saturated rings. The number of rotatable bonds is 10. The molecular formula is C27H35N3O2. The number of unbranched alkanes of at least 4 members (excludes halogenated alkanes) is 3. The Bertz CT molecular complexity index is 1120. The molecule has 1 unspecified atom stereocenters. The number of fused-ring (bicyclic) bond motifs is 1. The smallest absolute Gasteiger partial charge is 0.266 e. The second kappa shape index (κ2) is 11.1. The van der Waals surface area contributed by atoms with Crippen molar-refractivity contribution in [3.05, 3.63) is 70.3 Å². The number of nitrogens with zero attached hydrogens (tertiary/aromatic N) is 3. The van der Waals surface area contributed by atoms with E-state index >= 15 is 0 Å². The fourth-order valence-electron chi connectivity index (χ4n) is 4.12. The zero-order chi connectivity index (χ0) is 23.1. The fourth-order valence-corrected chi connectivity index (χ4v) is 4.12. The monoisotopic (exact) mass is 433 g/mol. The van der Waals surface area contributed by atoms with Crippen LogP contribution in [0.1, 0.15) is 76.7 Å². The van der Waals surface area contributed by atoms with Gasteiger partial charge in [0.1, 0.15) is 5.82 Å². The van der Waals surface area contributed by atoms with Gasteiger partial charge in [-0.05, 0) is 56.5 Å². The van der Waals surface area contributed by atoms with Crippen LogP contribution in [0.2, 0.25) is 0 Å². The van der Waals surface area contributed by atoms with E-state index in [1.807, 2.05) is 67.3 Å². The van der Waals surface area contributed by atoms with E-state index in [9.17, 15) is 9.59 Å². The Morgan fingerprint density at radius 2 is 1.78 bits per heavy atom. The van der Waals surface area contributed by atoms with E-state index in [0.29, 0.717) is 29.7 Å². The van der Waals surface area contributed by atoms with Crippen molar-refractivity contribution >= 4 is 16.8 Å². The number of carbonyl (C=O) groups is 1. The summed E-state index contributed by atoms with van der Waals surface area (Å²) < 4.78 is 1.69. The Morgan fingerprint density at radius 1 is 1.03 bits per heavy atom. The quantitative estimate of drug-likeness (QED) is 0.370. The summed E-state index contributed by atoms with van der Waals surface area (Å²) >= 11 is 0. The van der Waals surface area contributed by atoms with Crippen LogP contribution in [0.5, 0.6) is 0 Å². The first-order valence-electron chi connectivity index (χ1n) is 11.9. The van der Waals surface area contributed by atoms with E-state index in [2.05, 4.69) is 13.8 Å². The van der Waals surface area contributed by atoms with Crippen molar-refractivity contribution in [1.29, 1.82) is 0 Å². The number of benzene rings is 2. The molecular weight excluding hydrogens is 398 g/mol. The standard InChI is InChI=1S/C27H35N3O2/c1-5-7-9-17-25(31)29(18-8-6-2)21(4)26-28-24-16-11-10-15-23(24)27(32)30(26)22-14-12-13-20(3)19-22/h10-16,19,21H,5-9,17-18H2,1-4H3. The molecule has 1 aromatic heterocycles. The third-order valence-corrected chi connectivity index (χ3v) is 5.97. The predicted molar refractivity (Wildman–Crippen MR) is 131 cm³/mol. The average molecular weight is 434 g/mol. The molecule has 0 bridgehead atoms. The second-order valence-corrected chi connectivity index (χ2v) is 8.54. The zero-order valence-corrected chi connectivity index (χ0v) is 19.8. The maximum absolute atomic E-state index is 13.6. The highest BCUT2D eigenvalue weighted by Crippen LogP contribution is 2.25. The summed E-state index contributed by atoms with van der Waals surface area (Å²) in [6.07, 6.45) is 5.47. The topological polar surface area (TPSA) is 55.2 Å². The molecule has 0 spiro atoms. The maximum Gasteiger partial charge on any atom is 0.266 e. The van der Waals surface area contributed by atoms with Crippen molar-refractivity contribution < 1.29 is 4.79 Å². The van der Waals surface area contributed by atoms with Gasteiger partial charge in [0.05, 0.1) is 22.6 Å². The van der Waals surface area contributed by atoms with Crippen molar-refractivity contribution in [3.63, 3.8) is 0 Å². The average Bonchev–Trinajstić information content (AvgIpc) is 2.79. The molecule has 0 N–H and O–H groups in total. The normalized spacial score (nSPS) is 12.1. The van der Waals surface area contributed by atoms with Crippen molar-refractivity contribution in [2.45, 2.75) is 72.3 Å². The second-order valence-electron chi connectivity index (χ2n) is 8.54. The highest BCUT2D eigenvalue weighted by atomic mass is 16.2. The molecule has 1 amide bonds. The summed E-state index contributed by atoms with van der Waals surface area (Å²) in [6.45, 7) is 8.94. The van der Waals surface area contributed by atoms with E-state index in [1.165, 1.54) is 0 Å². The third kappa shape index (κ3) is 5.26. The summed E-state index contributed by atoms with van der Waals surface area (Å²) in [5.41, 5.74) is 2.41. The van der Waals surface area contributed by atoms with Gasteiger partial charge in [-0.25, -0.2) is 4.98 Å². The summed E-state index contributed by atoms with van der Waals surface area (Å²) in [4.78, 5) is 33.6. The molecule has 3 aromatic rings. The third-order valence-electron chi connectivity index (χ3n) is 5.97. The zero-order valence-electron chi connectivity index (χ0n) is 19.8. The van der Waals surface area contributed by atoms with Gasteiger partial charge in [0, 0.05) is 13.0 Å². The van der Waals surface area contributed by atoms with Crippen LogP contribution in [0.15, 0.2) is 53.3 Å². The van der Waals surface area contributed by atoms with Crippen LogP contribution in [-0.2, 0) is 4.79 Å². The minimum absolute atomic E-state index is 0.100. The Balaban J connectivity index is 2.14. The number of amides is 1. The molecule has 0 aliphatic carbocycles. The molecule has 0 aliphatic rings. The molecule has 2 aromatic carbocycles. The molecule has 0 saturated heterocycles. The lowest BCUT2D eigenvalue weighted by molar-refractivity contribution is -0.133. The number of carbonyl (C=O) groups excluding carboxylic acids is 1. The van der Waals surface area contributed by atoms with Crippen molar-refractivity contribution in [1.82, 2.24) is 14.5 Å². The SMILES string of the molecule is CCCCCC(=O)N(CCCC)C(C)c1nc2ccccc2c(=O)n1-c1cccc(C)c1. The number of hydrogen-bond donors (Lipinski definition) is 0. The summed E-state index contributed by atoms with van der Waals surface area (Å²) in [5.74, 6) is 0.747. The van der Waals surface area contributed by atoms with Crippen LogP contribution >= 0.6 is 0 Å². The van der Waals surface area contributed by atoms with E-state index in [1.54, 1.807) is 4.57 Å². The van der Waals surface area contributed by atoms with Gasteiger partial charge in [-0.2, -0.15) is 0 Å². The van der Waals surface area contributed by atoms with Crippen LogP contribution < -0.4 is 5.56 Å². The minimum Gasteiger partial charge on any atom is -0.333 e. The Hall–Kier alpha value is -2.95. The van der Waals surface area contributed by atoms with Crippen LogP contribution in [0.25, 0.3) is 16.6 Å². The largest absolute Gasteiger partial charge is 0.333 e. The summed E-state index contributed by atoms with van der Waals surface area (Å²) in [5, 5.41) is 0.583. The Labute approximate surface area is 191 Å². The summed E-state index contributed by atoms with van der Waals surface area (Å²) in [7, 11) is 0. The minimum atomic E-state index is -0.312. The number of hydrogen-bond acceptors (Lipinski definition) is 3. The number of aryl methyl sites for hydroxylation is 1. The number of aromatic nitrogens is 2. The molecule has 0 aliphatic heterocycles. The highest BCUT2D eigenvalue weighted by molar-refractivity contribution is 5.79. The lowest BCUT2D eigenvalue weighted by Crippen LogP contribution is -2.38. The fraction of sp³-hybridized carbons (Fsp3) is 0.444. The molecule has 5 nitrogen and oxygen atoms in total. The van der Waals surface area contributed by atoms with Gasteiger partial charge in [-0.3, -0.25) is 14.2 Å². The molecule has 1 heterocycles. The van der Waals surface area contributed by atoms with E-state index in [4.69, 9.17) is 4.98 Å². The van der Waals surface area contributed by atoms with Gasteiger partial charge < -0.3 is 4.90 Å². The molecule has 170 valence electrons. The number of para-hydroxylation sites is 1. The first kappa shape index (κ1) is 23.7. The van der Waals surface area contributed by atoms with Gasteiger partial charge >= 0.3 is 0 Å². The van der Waals surface area contributed by atoms with Crippen LogP contribution in [0.4, 0.5) is 0 Å². The van der Waals surface area contributed by atoms with E-state index < -0.39 is 0 Å². The highest BCUT2D eigenvalue weighted by Gasteiger charge is 2.26. The molecule has 32 heavy (non-hydrogen) atoms. The first-order valence-corrected chi connectivity index (χ1v) is 11.9. The van der Waals surface area contributed by atoms with Gasteiger partial charge in [-0.1, -0.05) is 57.4 Å². The van der Waals surface area contributed by atoms with Gasteiger partial charge in [-0.15, -0.1) is 0 Å². The van der Waals surface area contributed by atoms with Crippen LogP contribution in [0, 0.1) is 6.92 Å². The molecule has 1 atom stereocenters. The molecule has 0 radical (unpaired) electrons. The predicted octanol–water partition coefficient (Wildman–Crippen LogP) is 5.96. The van der Waals surface area contributed by atoms with Crippen LogP contribution in [-0.4, -0.2) is 26.9 Å².